The number of anilines is 1. The summed E-state index contributed by atoms with van der Waals surface area (Å²) in [5.74, 6) is 1.05. The Kier molecular flexibility index (Phi) is 8.18. The fraction of sp³-hybridized carbons (Fsp3) is 0.464. The third-order valence-electron chi connectivity index (χ3n) is 6.79. The van der Waals surface area contributed by atoms with Crippen molar-refractivity contribution in [1.29, 1.82) is 0 Å². The molecule has 35 heavy (non-hydrogen) atoms. The average Bonchev–Trinajstić information content (AvgIpc) is 3.27. The molecule has 2 unspecified atom stereocenters. The van der Waals surface area contributed by atoms with Gasteiger partial charge < -0.3 is 15.5 Å². The summed E-state index contributed by atoms with van der Waals surface area (Å²) < 4.78 is 0. The summed E-state index contributed by atoms with van der Waals surface area (Å²) in [5.41, 5.74) is 3.57. The first-order valence-electron chi connectivity index (χ1n) is 12.6. The summed E-state index contributed by atoms with van der Waals surface area (Å²) in [4.78, 5) is 40.7. The third kappa shape index (κ3) is 6.92. The molecule has 186 valence electrons. The number of amides is 3. The lowest BCUT2D eigenvalue weighted by Crippen LogP contribution is -2.38. The maximum atomic E-state index is 12.4. The molecular formula is C28H36N4O3. The fourth-order valence-corrected chi connectivity index (χ4v) is 5.18. The highest BCUT2D eigenvalue weighted by Crippen LogP contribution is 2.23. The molecule has 0 aliphatic carbocycles. The second-order valence-electron chi connectivity index (χ2n) is 10.1. The van der Waals surface area contributed by atoms with Crippen molar-refractivity contribution in [2.45, 2.75) is 46.2 Å². The molecule has 2 N–H and O–H groups in total. The van der Waals surface area contributed by atoms with Crippen molar-refractivity contribution in [2.75, 3.05) is 31.1 Å². The van der Waals surface area contributed by atoms with Crippen molar-refractivity contribution in [3.05, 3.63) is 65.2 Å². The van der Waals surface area contributed by atoms with Crippen LogP contribution >= 0.6 is 0 Å². The summed E-state index contributed by atoms with van der Waals surface area (Å²) in [7, 11) is 0. The predicted molar refractivity (Wildman–Crippen MR) is 137 cm³/mol. The zero-order chi connectivity index (χ0) is 24.8. The number of carbonyl (C=O) groups is 3. The standard InChI is InChI=1S/C28H36N4O3/c1-20-14-21(2)18-31(17-20)19-23-7-5-22(6-8-23)15-29-26(33)16-30-28(35)24-9-11-25(12-10-24)32-13-3-4-27(32)34/h5-12,20-21H,3-4,13-19H2,1-2H3,(H,29,33)(H,30,35). The van der Waals surface area contributed by atoms with Crippen molar-refractivity contribution in [3.63, 3.8) is 0 Å². The summed E-state index contributed by atoms with van der Waals surface area (Å²) in [5, 5.41) is 5.52. The van der Waals surface area contributed by atoms with Gasteiger partial charge in [0.2, 0.25) is 11.8 Å². The minimum atomic E-state index is -0.315. The Labute approximate surface area is 207 Å². The molecule has 7 nitrogen and oxygen atoms in total. The Hall–Kier alpha value is -3.19. The van der Waals surface area contributed by atoms with E-state index in [-0.39, 0.29) is 24.3 Å². The van der Waals surface area contributed by atoms with Gasteiger partial charge in [-0.05, 0) is 60.1 Å². The Bertz CT molecular complexity index is 1030. The Balaban J connectivity index is 1.18. The topological polar surface area (TPSA) is 81.8 Å². The van der Waals surface area contributed by atoms with E-state index in [1.807, 2.05) is 0 Å². The molecule has 2 atom stereocenters. The minimum Gasteiger partial charge on any atom is -0.350 e. The molecule has 3 amide bonds. The summed E-state index contributed by atoms with van der Waals surface area (Å²) in [6.07, 6.45) is 2.74. The van der Waals surface area contributed by atoms with E-state index >= 15 is 0 Å². The van der Waals surface area contributed by atoms with Crippen molar-refractivity contribution in [1.82, 2.24) is 15.5 Å². The lowest BCUT2D eigenvalue weighted by molar-refractivity contribution is -0.120. The van der Waals surface area contributed by atoms with Crippen LogP contribution in [0.1, 0.15) is 54.6 Å². The normalized spacial score (nSPS) is 20.6. The Morgan fingerprint density at radius 1 is 0.914 bits per heavy atom. The molecule has 0 bridgehead atoms. The number of hydrogen-bond acceptors (Lipinski definition) is 4. The number of likely N-dealkylation sites (tertiary alicyclic amines) is 1. The number of piperidine rings is 1. The number of carbonyl (C=O) groups excluding carboxylic acids is 3. The molecule has 2 heterocycles. The molecule has 2 fully saturated rings. The molecular weight excluding hydrogens is 440 g/mol. The van der Waals surface area contributed by atoms with Gasteiger partial charge in [0, 0.05) is 50.4 Å². The molecule has 2 aromatic carbocycles. The third-order valence-corrected chi connectivity index (χ3v) is 6.79. The summed E-state index contributed by atoms with van der Waals surface area (Å²) >= 11 is 0. The molecule has 0 saturated carbocycles. The molecule has 0 aromatic heterocycles. The van der Waals surface area contributed by atoms with Crippen molar-refractivity contribution in [2.24, 2.45) is 11.8 Å². The molecule has 2 aliphatic heterocycles. The highest BCUT2D eigenvalue weighted by molar-refractivity contribution is 5.98. The van der Waals surface area contributed by atoms with E-state index in [0.717, 1.165) is 49.1 Å². The molecule has 2 saturated heterocycles. The minimum absolute atomic E-state index is 0.0887. The van der Waals surface area contributed by atoms with Gasteiger partial charge in [-0.3, -0.25) is 19.3 Å². The molecule has 2 aliphatic rings. The van der Waals surface area contributed by atoms with Gasteiger partial charge in [0.1, 0.15) is 0 Å². The van der Waals surface area contributed by atoms with Gasteiger partial charge in [0.25, 0.3) is 5.91 Å². The second kappa shape index (κ2) is 11.5. The van der Waals surface area contributed by atoms with Gasteiger partial charge in [0.05, 0.1) is 6.54 Å². The van der Waals surface area contributed by atoms with E-state index in [2.05, 4.69) is 53.6 Å². The summed E-state index contributed by atoms with van der Waals surface area (Å²) in [6, 6.07) is 15.3. The average molecular weight is 477 g/mol. The second-order valence-corrected chi connectivity index (χ2v) is 10.1. The van der Waals surface area contributed by atoms with Crippen LogP contribution in [0, 0.1) is 11.8 Å². The van der Waals surface area contributed by atoms with Gasteiger partial charge in [-0.2, -0.15) is 0 Å². The van der Waals surface area contributed by atoms with E-state index in [1.54, 1.807) is 29.2 Å². The number of nitrogens with one attached hydrogen (secondary N) is 2. The van der Waals surface area contributed by atoms with Gasteiger partial charge in [0.15, 0.2) is 0 Å². The van der Waals surface area contributed by atoms with Crippen molar-refractivity contribution >= 4 is 23.4 Å². The van der Waals surface area contributed by atoms with E-state index in [0.29, 0.717) is 25.1 Å². The van der Waals surface area contributed by atoms with E-state index in [4.69, 9.17) is 0 Å². The maximum absolute atomic E-state index is 12.4. The number of benzene rings is 2. The van der Waals surface area contributed by atoms with Gasteiger partial charge in [-0.15, -0.1) is 0 Å². The molecule has 0 radical (unpaired) electrons. The molecule has 7 heteroatoms. The number of nitrogens with zero attached hydrogens (tertiary/aromatic N) is 2. The van der Waals surface area contributed by atoms with Crippen molar-refractivity contribution in [3.8, 4) is 0 Å². The molecule has 2 aromatic rings. The van der Waals surface area contributed by atoms with Crippen LogP contribution in [-0.4, -0.2) is 48.8 Å². The molecule has 0 spiro atoms. The lowest BCUT2D eigenvalue weighted by Gasteiger charge is -2.35. The number of rotatable bonds is 8. The van der Waals surface area contributed by atoms with Gasteiger partial charge in [-0.25, -0.2) is 0 Å². The zero-order valence-corrected chi connectivity index (χ0v) is 20.8. The molecule has 4 rings (SSSR count). The van der Waals surface area contributed by atoms with E-state index < -0.39 is 0 Å². The largest absolute Gasteiger partial charge is 0.350 e. The Morgan fingerprint density at radius 2 is 1.57 bits per heavy atom. The zero-order valence-electron chi connectivity index (χ0n) is 20.8. The monoisotopic (exact) mass is 476 g/mol. The Morgan fingerprint density at radius 3 is 2.20 bits per heavy atom. The smallest absolute Gasteiger partial charge is 0.251 e. The lowest BCUT2D eigenvalue weighted by atomic mass is 9.91. The van der Waals surface area contributed by atoms with Crippen LogP contribution in [0.4, 0.5) is 5.69 Å². The first-order chi connectivity index (χ1) is 16.9. The first-order valence-corrected chi connectivity index (χ1v) is 12.6. The van der Waals surface area contributed by atoms with Crippen LogP contribution in [0.2, 0.25) is 0 Å². The van der Waals surface area contributed by atoms with Crippen LogP contribution in [0.5, 0.6) is 0 Å². The fourth-order valence-electron chi connectivity index (χ4n) is 5.18. The van der Waals surface area contributed by atoms with Crippen LogP contribution in [0.3, 0.4) is 0 Å². The highest BCUT2D eigenvalue weighted by atomic mass is 16.2. The van der Waals surface area contributed by atoms with Crippen molar-refractivity contribution < 1.29 is 14.4 Å². The predicted octanol–water partition coefficient (Wildman–Crippen LogP) is 3.34. The van der Waals surface area contributed by atoms with Crippen LogP contribution < -0.4 is 15.5 Å². The first kappa shape index (κ1) is 24.9. The van der Waals surface area contributed by atoms with Crippen LogP contribution in [-0.2, 0) is 22.7 Å². The highest BCUT2D eigenvalue weighted by Gasteiger charge is 2.22. The SMILES string of the molecule is CC1CC(C)CN(Cc2ccc(CNC(=O)CNC(=O)c3ccc(N4CCCC4=O)cc3)cc2)C1. The number of hydrogen-bond donors (Lipinski definition) is 2. The van der Waals surface area contributed by atoms with E-state index in [9.17, 15) is 14.4 Å². The van der Waals surface area contributed by atoms with Crippen LogP contribution in [0.15, 0.2) is 48.5 Å². The summed E-state index contributed by atoms with van der Waals surface area (Å²) in [6.45, 7) is 8.95. The van der Waals surface area contributed by atoms with Gasteiger partial charge >= 0.3 is 0 Å². The van der Waals surface area contributed by atoms with E-state index in [1.165, 1.54) is 12.0 Å². The quantitative estimate of drug-likeness (QED) is 0.612. The van der Waals surface area contributed by atoms with Crippen LogP contribution in [0.25, 0.3) is 0 Å². The van der Waals surface area contributed by atoms with Gasteiger partial charge in [-0.1, -0.05) is 38.1 Å². The maximum Gasteiger partial charge on any atom is 0.251 e.